The van der Waals surface area contributed by atoms with Crippen LogP contribution in [0.15, 0.2) is 0 Å². The van der Waals surface area contributed by atoms with Crippen molar-refractivity contribution in [3.63, 3.8) is 0 Å². The summed E-state index contributed by atoms with van der Waals surface area (Å²) >= 11 is 0. The van der Waals surface area contributed by atoms with Crippen LogP contribution in [-0.4, -0.2) is 23.7 Å². The fourth-order valence-electron chi connectivity index (χ4n) is 1.66. The molecule has 4 nitrogen and oxygen atoms in total. The van der Waals surface area contributed by atoms with Crippen LogP contribution in [0.4, 0.5) is 0 Å². The summed E-state index contributed by atoms with van der Waals surface area (Å²) in [5, 5.41) is 8.44. The first kappa shape index (κ1) is 19.6. The topological polar surface area (TPSA) is 63.6 Å². The van der Waals surface area contributed by atoms with Gasteiger partial charge in [0.05, 0.1) is 6.61 Å². The lowest BCUT2D eigenvalue weighted by Crippen LogP contribution is -2.03. The number of ether oxygens (including phenoxy) is 1. The maximum absolute atomic E-state index is 11.0. The summed E-state index contributed by atoms with van der Waals surface area (Å²) in [6, 6.07) is 0. The van der Waals surface area contributed by atoms with Crippen molar-refractivity contribution in [2.45, 2.75) is 64.7 Å². The van der Waals surface area contributed by atoms with E-state index in [-0.39, 0.29) is 24.8 Å². The molecular weight excluding hydrogens is 256 g/mol. The van der Waals surface area contributed by atoms with Crippen molar-refractivity contribution in [3.05, 3.63) is 0 Å². The van der Waals surface area contributed by atoms with Gasteiger partial charge in [0.15, 0.2) is 0 Å². The molecule has 18 heavy (non-hydrogen) atoms. The molecule has 0 aliphatic heterocycles. The lowest BCUT2D eigenvalue weighted by Gasteiger charge is -2.02. The molecule has 5 heteroatoms. The maximum atomic E-state index is 11.0. The summed E-state index contributed by atoms with van der Waals surface area (Å²) in [4.78, 5) is 21.2. The van der Waals surface area contributed by atoms with Gasteiger partial charge in [-0.3, -0.25) is 9.59 Å². The molecule has 0 aromatic heterocycles. The second-order valence-electron chi connectivity index (χ2n) is 4.17. The molecule has 0 unspecified atom stereocenters. The second-order valence-corrected chi connectivity index (χ2v) is 4.17. The van der Waals surface area contributed by atoms with Crippen LogP contribution in [0.2, 0.25) is 0 Å². The third-order valence-electron chi connectivity index (χ3n) is 2.58. The van der Waals surface area contributed by atoms with Gasteiger partial charge in [0, 0.05) is 12.8 Å². The summed E-state index contributed by atoms with van der Waals surface area (Å²) in [6.45, 7) is 2.28. The average Bonchev–Trinajstić information content (AvgIpc) is 2.27. The quantitative estimate of drug-likeness (QED) is 0.464. The van der Waals surface area contributed by atoms with Crippen molar-refractivity contribution in [1.29, 1.82) is 0 Å². The molecular formula is C13H25ClO4. The predicted molar refractivity (Wildman–Crippen MR) is 73.1 cm³/mol. The van der Waals surface area contributed by atoms with Crippen molar-refractivity contribution in [3.8, 4) is 0 Å². The number of hydrogen-bond acceptors (Lipinski definition) is 3. The summed E-state index contributed by atoms with van der Waals surface area (Å²) < 4.78 is 4.83. The highest BCUT2D eigenvalue weighted by Crippen LogP contribution is 2.10. The first-order valence-electron chi connectivity index (χ1n) is 6.54. The number of aliphatic carboxylic acids is 1. The molecule has 0 saturated carbocycles. The van der Waals surface area contributed by atoms with Gasteiger partial charge in [0.1, 0.15) is 0 Å². The van der Waals surface area contributed by atoms with Crippen molar-refractivity contribution < 1.29 is 19.4 Å². The Morgan fingerprint density at radius 2 is 1.33 bits per heavy atom. The van der Waals surface area contributed by atoms with Crippen molar-refractivity contribution in [2.24, 2.45) is 0 Å². The second kappa shape index (κ2) is 14.3. The zero-order chi connectivity index (χ0) is 12.9. The van der Waals surface area contributed by atoms with Crippen LogP contribution in [0, 0.1) is 0 Å². The van der Waals surface area contributed by atoms with E-state index < -0.39 is 5.97 Å². The van der Waals surface area contributed by atoms with Gasteiger partial charge in [0.25, 0.3) is 0 Å². The van der Waals surface area contributed by atoms with E-state index in [9.17, 15) is 9.59 Å². The number of halogens is 1. The lowest BCUT2D eigenvalue weighted by molar-refractivity contribution is -0.143. The number of hydrogen-bond donors (Lipinski definition) is 1. The molecule has 1 N–H and O–H groups in total. The first-order valence-corrected chi connectivity index (χ1v) is 6.54. The lowest BCUT2D eigenvalue weighted by atomic mass is 10.1. The Morgan fingerprint density at radius 3 is 1.78 bits per heavy atom. The fraction of sp³-hybridized carbons (Fsp3) is 0.846. The molecule has 0 rings (SSSR count). The monoisotopic (exact) mass is 280 g/mol. The number of carboxylic acid groups (broad SMARTS) is 1. The Morgan fingerprint density at radius 1 is 0.889 bits per heavy atom. The molecule has 0 aliphatic carbocycles. The summed E-state index contributed by atoms with van der Waals surface area (Å²) in [6.07, 6.45) is 7.85. The zero-order valence-corrected chi connectivity index (χ0v) is 12.0. The van der Waals surface area contributed by atoms with Gasteiger partial charge in [-0.15, -0.1) is 12.4 Å². The minimum atomic E-state index is -0.709. The molecule has 0 heterocycles. The smallest absolute Gasteiger partial charge is 0.305 e. The Bertz CT molecular complexity index is 219. The molecule has 0 saturated heterocycles. The largest absolute Gasteiger partial charge is 0.481 e. The van der Waals surface area contributed by atoms with E-state index >= 15 is 0 Å². The molecule has 0 spiro atoms. The van der Waals surface area contributed by atoms with Crippen molar-refractivity contribution >= 4 is 24.3 Å². The van der Waals surface area contributed by atoms with Gasteiger partial charge in [-0.25, -0.2) is 0 Å². The summed E-state index contributed by atoms with van der Waals surface area (Å²) in [7, 11) is 0. The van der Waals surface area contributed by atoms with Crippen LogP contribution in [0.1, 0.15) is 64.7 Å². The highest BCUT2D eigenvalue weighted by atomic mass is 35.5. The molecule has 0 aromatic rings. The average molecular weight is 281 g/mol. The third kappa shape index (κ3) is 15.2. The van der Waals surface area contributed by atoms with Crippen LogP contribution >= 0.6 is 12.4 Å². The van der Waals surface area contributed by atoms with E-state index in [1.54, 1.807) is 0 Å². The van der Waals surface area contributed by atoms with Crippen LogP contribution in [0.3, 0.4) is 0 Å². The van der Waals surface area contributed by atoms with Gasteiger partial charge in [-0.1, -0.05) is 32.1 Å². The van der Waals surface area contributed by atoms with E-state index in [2.05, 4.69) is 0 Å². The minimum Gasteiger partial charge on any atom is -0.481 e. The standard InChI is InChI=1S/C13H24O4.ClH/c1-2-17-13(16)11-9-7-5-3-4-6-8-10-12(14)15;/h2-11H2,1H3,(H,14,15);1H. The Balaban J connectivity index is 0. The van der Waals surface area contributed by atoms with Crippen LogP contribution in [0.25, 0.3) is 0 Å². The zero-order valence-electron chi connectivity index (χ0n) is 11.2. The van der Waals surface area contributed by atoms with E-state index in [0.717, 1.165) is 44.9 Å². The number of esters is 1. The molecule has 0 atom stereocenters. The van der Waals surface area contributed by atoms with Gasteiger partial charge in [-0.05, 0) is 19.8 Å². The van der Waals surface area contributed by atoms with Gasteiger partial charge in [0.2, 0.25) is 0 Å². The molecule has 0 bridgehead atoms. The van der Waals surface area contributed by atoms with Crippen molar-refractivity contribution in [2.75, 3.05) is 6.61 Å². The van der Waals surface area contributed by atoms with E-state index in [1.807, 2.05) is 6.92 Å². The summed E-state index contributed by atoms with van der Waals surface area (Å²) in [5.41, 5.74) is 0. The normalized spacial score (nSPS) is 9.61. The van der Waals surface area contributed by atoms with E-state index in [1.165, 1.54) is 0 Å². The van der Waals surface area contributed by atoms with Crippen LogP contribution in [-0.2, 0) is 14.3 Å². The molecule has 0 radical (unpaired) electrons. The molecule has 0 aliphatic rings. The van der Waals surface area contributed by atoms with Crippen LogP contribution in [0.5, 0.6) is 0 Å². The Hall–Kier alpha value is -0.770. The number of carbonyl (C=O) groups is 2. The number of rotatable bonds is 11. The first-order chi connectivity index (χ1) is 8.16. The number of unbranched alkanes of at least 4 members (excludes halogenated alkanes) is 6. The SMILES string of the molecule is CCOC(=O)CCCCCCCCCC(=O)O.Cl. The van der Waals surface area contributed by atoms with E-state index in [4.69, 9.17) is 9.84 Å². The van der Waals surface area contributed by atoms with Crippen LogP contribution < -0.4 is 0 Å². The van der Waals surface area contributed by atoms with Gasteiger partial charge in [-0.2, -0.15) is 0 Å². The number of carbonyl (C=O) groups excluding carboxylic acids is 1. The Labute approximate surface area is 116 Å². The summed E-state index contributed by atoms with van der Waals surface area (Å²) in [5.74, 6) is -0.812. The van der Waals surface area contributed by atoms with Gasteiger partial charge >= 0.3 is 11.9 Å². The molecule has 0 aromatic carbocycles. The van der Waals surface area contributed by atoms with Crippen molar-refractivity contribution in [1.82, 2.24) is 0 Å². The maximum Gasteiger partial charge on any atom is 0.305 e. The number of carboxylic acids is 1. The highest BCUT2D eigenvalue weighted by Gasteiger charge is 2.00. The van der Waals surface area contributed by atoms with Gasteiger partial charge < -0.3 is 9.84 Å². The molecule has 0 fully saturated rings. The highest BCUT2D eigenvalue weighted by molar-refractivity contribution is 5.85. The Kier molecular flexibility index (Phi) is 15.5. The third-order valence-corrected chi connectivity index (χ3v) is 2.58. The molecule has 0 amide bonds. The van der Waals surface area contributed by atoms with E-state index in [0.29, 0.717) is 13.0 Å². The minimum absolute atomic E-state index is 0. The fourth-order valence-corrected chi connectivity index (χ4v) is 1.66. The molecule has 108 valence electrons. The predicted octanol–water partition coefficient (Wildman–Crippen LogP) is 3.57.